The van der Waals surface area contributed by atoms with Gasteiger partial charge in [-0.2, -0.15) is 0 Å². The van der Waals surface area contributed by atoms with Crippen LogP contribution in [-0.2, 0) is 0 Å². The van der Waals surface area contributed by atoms with E-state index >= 15 is 0 Å². The van der Waals surface area contributed by atoms with E-state index in [1.54, 1.807) is 12.1 Å². The third-order valence-electron chi connectivity index (χ3n) is 2.54. The predicted molar refractivity (Wildman–Crippen MR) is 54.4 cm³/mol. The lowest BCUT2D eigenvalue weighted by atomic mass is 9.96. The minimum absolute atomic E-state index is 0.0404. The summed E-state index contributed by atoms with van der Waals surface area (Å²) in [7, 11) is 0. The summed E-state index contributed by atoms with van der Waals surface area (Å²) in [5, 5.41) is 0. The molecular formula is C11H13F2NO2. The summed E-state index contributed by atoms with van der Waals surface area (Å²) in [6.07, 6.45) is -3.59. The number of hydrogen-bond donors (Lipinski definition) is 1. The monoisotopic (exact) mass is 229 g/mol. The van der Waals surface area contributed by atoms with Crippen molar-refractivity contribution in [2.45, 2.75) is 26.2 Å². The molecule has 1 atom stereocenters. The smallest absolute Gasteiger partial charge is 0.395 e. The van der Waals surface area contributed by atoms with E-state index in [-0.39, 0.29) is 23.5 Å². The largest absolute Gasteiger partial charge is 0.586 e. The fraction of sp³-hybridized carbons (Fsp3) is 0.455. The van der Waals surface area contributed by atoms with Crippen LogP contribution in [0, 0.1) is 5.92 Å². The number of fused-ring (bicyclic) bond motifs is 1. The van der Waals surface area contributed by atoms with Crippen LogP contribution in [-0.4, -0.2) is 6.29 Å². The molecule has 2 N–H and O–H groups in total. The normalized spacial score (nSPS) is 18.9. The molecular weight excluding hydrogens is 216 g/mol. The van der Waals surface area contributed by atoms with Crippen molar-refractivity contribution in [3.63, 3.8) is 0 Å². The molecule has 0 spiro atoms. The Hall–Kier alpha value is -1.36. The lowest BCUT2D eigenvalue weighted by molar-refractivity contribution is -0.287. The maximum absolute atomic E-state index is 12.9. The van der Waals surface area contributed by atoms with Crippen molar-refractivity contribution in [2.75, 3.05) is 0 Å². The lowest BCUT2D eigenvalue weighted by Crippen LogP contribution is -2.26. The quantitative estimate of drug-likeness (QED) is 0.847. The van der Waals surface area contributed by atoms with Gasteiger partial charge in [0.2, 0.25) is 0 Å². The molecule has 88 valence electrons. The van der Waals surface area contributed by atoms with Crippen LogP contribution in [0.4, 0.5) is 8.78 Å². The van der Waals surface area contributed by atoms with E-state index < -0.39 is 6.29 Å². The zero-order valence-electron chi connectivity index (χ0n) is 9.04. The molecule has 0 amide bonds. The first-order valence-electron chi connectivity index (χ1n) is 5.05. The first-order valence-corrected chi connectivity index (χ1v) is 5.05. The van der Waals surface area contributed by atoms with Gasteiger partial charge in [-0.15, -0.1) is 8.78 Å². The topological polar surface area (TPSA) is 44.5 Å². The first kappa shape index (κ1) is 11.1. The van der Waals surface area contributed by atoms with Gasteiger partial charge < -0.3 is 15.2 Å². The van der Waals surface area contributed by atoms with E-state index in [0.29, 0.717) is 5.56 Å². The van der Waals surface area contributed by atoms with Crippen LogP contribution in [0.15, 0.2) is 18.2 Å². The molecule has 3 nitrogen and oxygen atoms in total. The highest BCUT2D eigenvalue weighted by atomic mass is 19.3. The van der Waals surface area contributed by atoms with Crippen molar-refractivity contribution in [3.8, 4) is 11.5 Å². The number of ether oxygens (including phenoxy) is 2. The molecule has 16 heavy (non-hydrogen) atoms. The maximum Gasteiger partial charge on any atom is 0.586 e. The minimum atomic E-state index is -3.59. The Labute approximate surface area is 92.1 Å². The SMILES string of the molecule is CC(C)[C@@H](N)c1cccc2c1OC(F)(F)O2. The van der Waals surface area contributed by atoms with Crippen molar-refractivity contribution < 1.29 is 18.3 Å². The zero-order chi connectivity index (χ0) is 11.9. The minimum Gasteiger partial charge on any atom is -0.395 e. The summed E-state index contributed by atoms with van der Waals surface area (Å²) >= 11 is 0. The molecule has 0 unspecified atom stereocenters. The number of hydrogen-bond acceptors (Lipinski definition) is 3. The molecule has 1 aromatic carbocycles. The van der Waals surface area contributed by atoms with E-state index in [0.717, 1.165) is 0 Å². The summed E-state index contributed by atoms with van der Waals surface area (Å²) in [6, 6.07) is 4.38. The number of halogens is 2. The first-order chi connectivity index (χ1) is 7.41. The molecule has 0 bridgehead atoms. The fourth-order valence-corrected chi connectivity index (χ4v) is 1.61. The second-order valence-electron chi connectivity index (χ2n) is 4.11. The molecule has 0 saturated heterocycles. The lowest BCUT2D eigenvalue weighted by Gasteiger charge is -2.17. The molecule has 0 radical (unpaired) electrons. The Bertz CT molecular complexity index is 407. The molecule has 0 saturated carbocycles. The second kappa shape index (κ2) is 3.59. The predicted octanol–water partition coefficient (Wildman–Crippen LogP) is 2.66. The average molecular weight is 229 g/mol. The second-order valence-corrected chi connectivity index (χ2v) is 4.11. The summed E-state index contributed by atoms with van der Waals surface area (Å²) in [4.78, 5) is 0. The summed E-state index contributed by atoms with van der Waals surface area (Å²) in [5.74, 6) is 0.219. The van der Waals surface area contributed by atoms with Gasteiger partial charge in [-0.05, 0) is 12.0 Å². The van der Waals surface area contributed by atoms with Crippen LogP contribution in [0.5, 0.6) is 11.5 Å². The van der Waals surface area contributed by atoms with Crippen molar-refractivity contribution in [3.05, 3.63) is 23.8 Å². The molecule has 0 aromatic heterocycles. The van der Waals surface area contributed by atoms with Crippen LogP contribution < -0.4 is 15.2 Å². The van der Waals surface area contributed by atoms with E-state index in [1.807, 2.05) is 13.8 Å². The molecule has 1 aromatic rings. The average Bonchev–Trinajstić information content (AvgIpc) is 2.49. The van der Waals surface area contributed by atoms with E-state index in [9.17, 15) is 8.78 Å². The number of alkyl halides is 2. The van der Waals surface area contributed by atoms with Crippen LogP contribution in [0.2, 0.25) is 0 Å². The van der Waals surface area contributed by atoms with Gasteiger partial charge in [0.15, 0.2) is 11.5 Å². The Morgan fingerprint density at radius 1 is 1.25 bits per heavy atom. The Balaban J connectivity index is 2.41. The molecule has 1 aliphatic rings. The fourth-order valence-electron chi connectivity index (χ4n) is 1.61. The van der Waals surface area contributed by atoms with Gasteiger partial charge in [0.1, 0.15) is 0 Å². The van der Waals surface area contributed by atoms with Crippen LogP contribution >= 0.6 is 0 Å². The Kier molecular flexibility index (Phi) is 2.50. The van der Waals surface area contributed by atoms with Gasteiger partial charge in [0.05, 0.1) is 0 Å². The van der Waals surface area contributed by atoms with Crippen molar-refractivity contribution >= 4 is 0 Å². The molecule has 1 heterocycles. The number of nitrogens with two attached hydrogens (primary N) is 1. The molecule has 1 aliphatic heterocycles. The van der Waals surface area contributed by atoms with Crippen LogP contribution in [0.3, 0.4) is 0 Å². The Morgan fingerprint density at radius 2 is 1.94 bits per heavy atom. The highest BCUT2D eigenvalue weighted by Crippen LogP contribution is 2.45. The van der Waals surface area contributed by atoms with Gasteiger partial charge in [-0.1, -0.05) is 26.0 Å². The molecule has 2 rings (SSSR count). The van der Waals surface area contributed by atoms with Crippen molar-refractivity contribution in [2.24, 2.45) is 11.7 Å². The van der Waals surface area contributed by atoms with Gasteiger partial charge in [0, 0.05) is 11.6 Å². The standard InChI is InChI=1S/C11H13F2NO2/c1-6(2)9(14)7-4-3-5-8-10(7)16-11(12,13)15-8/h3-6,9H,14H2,1-2H3/t9-/m1/s1. The van der Waals surface area contributed by atoms with Gasteiger partial charge >= 0.3 is 6.29 Å². The van der Waals surface area contributed by atoms with Crippen LogP contribution in [0.1, 0.15) is 25.5 Å². The third kappa shape index (κ3) is 1.82. The van der Waals surface area contributed by atoms with Gasteiger partial charge in [-0.25, -0.2) is 0 Å². The molecule has 5 heteroatoms. The molecule has 0 fully saturated rings. The van der Waals surface area contributed by atoms with Crippen LogP contribution in [0.25, 0.3) is 0 Å². The third-order valence-corrected chi connectivity index (χ3v) is 2.54. The summed E-state index contributed by atoms with van der Waals surface area (Å²) < 4.78 is 34.6. The number of benzene rings is 1. The van der Waals surface area contributed by atoms with Crippen molar-refractivity contribution in [1.82, 2.24) is 0 Å². The molecule has 0 aliphatic carbocycles. The Morgan fingerprint density at radius 3 is 2.56 bits per heavy atom. The summed E-state index contributed by atoms with van der Waals surface area (Å²) in [6.45, 7) is 3.83. The highest BCUT2D eigenvalue weighted by Gasteiger charge is 2.45. The van der Waals surface area contributed by atoms with E-state index in [1.165, 1.54) is 6.07 Å². The van der Waals surface area contributed by atoms with Crippen molar-refractivity contribution in [1.29, 1.82) is 0 Å². The van der Waals surface area contributed by atoms with E-state index in [2.05, 4.69) is 9.47 Å². The van der Waals surface area contributed by atoms with Gasteiger partial charge in [-0.3, -0.25) is 0 Å². The van der Waals surface area contributed by atoms with Gasteiger partial charge in [0.25, 0.3) is 0 Å². The maximum atomic E-state index is 12.9. The number of rotatable bonds is 2. The highest BCUT2D eigenvalue weighted by molar-refractivity contribution is 5.50. The zero-order valence-corrected chi connectivity index (χ0v) is 9.04. The number of para-hydroxylation sites is 1. The summed E-state index contributed by atoms with van der Waals surface area (Å²) in [5.41, 5.74) is 6.46. The van der Waals surface area contributed by atoms with E-state index in [4.69, 9.17) is 5.73 Å².